The summed E-state index contributed by atoms with van der Waals surface area (Å²) in [7, 11) is 1.13. The summed E-state index contributed by atoms with van der Waals surface area (Å²) in [6.45, 7) is 0. The van der Waals surface area contributed by atoms with E-state index in [2.05, 4.69) is 4.74 Å². The highest BCUT2D eigenvalue weighted by molar-refractivity contribution is 8.00. The molecule has 0 aliphatic heterocycles. The first-order valence-electron chi connectivity index (χ1n) is 4.24. The Morgan fingerprint density at radius 1 is 1.44 bits per heavy atom. The van der Waals surface area contributed by atoms with E-state index in [0.717, 1.165) is 7.11 Å². The molecule has 0 fully saturated rings. The molecule has 0 radical (unpaired) electrons. The Kier molecular flexibility index (Phi) is 6.24. The number of hydrogen-bond donors (Lipinski definition) is 1. The number of carboxylic acid groups (broad SMARTS) is 1. The second-order valence-corrected chi connectivity index (χ2v) is 4.14. The lowest BCUT2D eigenvalue weighted by Crippen LogP contribution is -2.28. The minimum atomic E-state index is -4.58. The van der Waals surface area contributed by atoms with Crippen molar-refractivity contribution in [2.75, 3.05) is 12.9 Å². The summed E-state index contributed by atoms with van der Waals surface area (Å²) in [5.41, 5.74) is 0. The summed E-state index contributed by atoms with van der Waals surface area (Å²) in [6.07, 6.45) is -5.76. The maximum Gasteiger partial charge on any atom is 0.401 e. The Hall–Kier alpha value is -0.920. The van der Waals surface area contributed by atoms with Gasteiger partial charge in [0.25, 0.3) is 0 Å². The number of rotatable bonds is 6. The van der Waals surface area contributed by atoms with Crippen molar-refractivity contribution in [3.05, 3.63) is 0 Å². The molecular formula is C8H11F3O4S. The van der Waals surface area contributed by atoms with Crippen LogP contribution in [-0.4, -0.2) is 41.3 Å². The summed E-state index contributed by atoms with van der Waals surface area (Å²) in [6, 6.07) is 0. The number of thioether (sulfide) groups is 1. The smallest absolute Gasteiger partial charge is 0.401 e. The summed E-state index contributed by atoms with van der Waals surface area (Å²) >= 11 is 0.394. The van der Waals surface area contributed by atoms with Gasteiger partial charge in [-0.2, -0.15) is 13.2 Å². The quantitative estimate of drug-likeness (QED) is 0.736. The van der Waals surface area contributed by atoms with Gasteiger partial charge in [-0.15, -0.1) is 11.8 Å². The van der Waals surface area contributed by atoms with Crippen LogP contribution in [0.3, 0.4) is 0 Å². The van der Waals surface area contributed by atoms with E-state index < -0.39 is 29.8 Å². The van der Waals surface area contributed by atoms with E-state index in [4.69, 9.17) is 5.11 Å². The molecule has 0 rings (SSSR count). The van der Waals surface area contributed by atoms with E-state index in [-0.39, 0.29) is 12.2 Å². The fourth-order valence-corrected chi connectivity index (χ4v) is 1.83. The number of methoxy groups -OCH3 is 1. The van der Waals surface area contributed by atoms with E-state index >= 15 is 0 Å². The lowest BCUT2D eigenvalue weighted by Gasteiger charge is -2.17. The maximum atomic E-state index is 12.3. The molecule has 1 N–H and O–H groups in total. The average Bonchev–Trinajstić information content (AvgIpc) is 2.13. The van der Waals surface area contributed by atoms with Crippen molar-refractivity contribution in [2.24, 2.45) is 0 Å². The number of carboxylic acids is 1. The minimum absolute atomic E-state index is 0.121. The minimum Gasteiger partial charge on any atom is -0.481 e. The van der Waals surface area contributed by atoms with Crippen LogP contribution < -0.4 is 0 Å². The van der Waals surface area contributed by atoms with Crippen molar-refractivity contribution >= 4 is 23.7 Å². The predicted octanol–water partition coefficient (Wildman–Crippen LogP) is 1.69. The Morgan fingerprint density at radius 2 is 2.00 bits per heavy atom. The molecule has 1 unspecified atom stereocenters. The van der Waals surface area contributed by atoms with Crippen LogP contribution in [0.2, 0.25) is 0 Å². The Labute approximate surface area is 94.1 Å². The van der Waals surface area contributed by atoms with Gasteiger partial charge in [-0.05, 0) is 0 Å². The first-order chi connectivity index (χ1) is 7.27. The monoisotopic (exact) mass is 260 g/mol. The molecule has 0 aliphatic carbocycles. The fourth-order valence-electron chi connectivity index (χ4n) is 0.814. The van der Waals surface area contributed by atoms with Gasteiger partial charge in [0.2, 0.25) is 0 Å². The summed E-state index contributed by atoms with van der Waals surface area (Å²) in [5.74, 6) is -2.26. The molecule has 0 aromatic heterocycles. The molecule has 1 atom stereocenters. The van der Waals surface area contributed by atoms with Gasteiger partial charge < -0.3 is 9.84 Å². The molecule has 0 amide bonds. The fraction of sp³-hybridized carbons (Fsp3) is 0.750. The molecule has 8 heteroatoms. The van der Waals surface area contributed by atoms with Crippen LogP contribution in [0.15, 0.2) is 0 Å². The lowest BCUT2D eigenvalue weighted by molar-refractivity contribution is -0.149. The number of aliphatic carboxylic acids is 1. The lowest BCUT2D eigenvalue weighted by atomic mass is 10.3. The highest BCUT2D eigenvalue weighted by Gasteiger charge is 2.41. The number of esters is 1. The third-order valence-electron chi connectivity index (χ3n) is 1.58. The zero-order valence-electron chi connectivity index (χ0n) is 8.41. The third-order valence-corrected chi connectivity index (χ3v) is 2.85. The maximum absolute atomic E-state index is 12.3. The summed E-state index contributed by atoms with van der Waals surface area (Å²) in [4.78, 5) is 20.8. The van der Waals surface area contributed by atoms with Crippen molar-refractivity contribution in [1.29, 1.82) is 0 Å². The van der Waals surface area contributed by atoms with Crippen LogP contribution in [0.4, 0.5) is 13.2 Å². The van der Waals surface area contributed by atoms with Crippen LogP contribution in [0.5, 0.6) is 0 Å². The average molecular weight is 260 g/mol. The van der Waals surface area contributed by atoms with E-state index in [1.807, 2.05) is 0 Å². The molecule has 0 saturated heterocycles. The Morgan fingerprint density at radius 3 is 2.38 bits per heavy atom. The molecule has 0 saturated carbocycles. The largest absolute Gasteiger partial charge is 0.481 e. The molecule has 0 bridgehead atoms. The van der Waals surface area contributed by atoms with Crippen molar-refractivity contribution < 1.29 is 32.6 Å². The Balaban J connectivity index is 4.13. The predicted molar refractivity (Wildman–Crippen MR) is 51.2 cm³/mol. The second-order valence-electron chi connectivity index (χ2n) is 2.83. The first-order valence-corrected chi connectivity index (χ1v) is 5.29. The van der Waals surface area contributed by atoms with E-state index in [9.17, 15) is 22.8 Å². The summed E-state index contributed by atoms with van der Waals surface area (Å²) < 4.78 is 41.1. The molecular weight excluding hydrogens is 249 g/mol. The SMILES string of the molecule is COC(=O)CCSC(CC(=O)O)C(F)(F)F. The number of alkyl halides is 3. The van der Waals surface area contributed by atoms with E-state index in [1.165, 1.54) is 0 Å². The highest BCUT2D eigenvalue weighted by atomic mass is 32.2. The zero-order valence-corrected chi connectivity index (χ0v) is 9.23. The normalized spacial score (nSPS) is 13.2. The number of carbonyl (C=O) groups is 2. The Bertz CT molecular complexity index is 254. The van der Waals surface area contributed by atoms with Crippen LogP contribution in [0.25, 0.3) is 0 Å². The molecule has 0 aliphatic rings. The van der Waals surface area contributed by atoms with Crippen molar-refractivity contribution in [3.8, 4) is 0 Å². The van der Waals surface area contributed by atoms with Crippen LogP contribution >= 0.6 is 11.8 Å². The summed E-state index contributed by atoms with van der Waals surface area (Å²) in [5, 5.41) is 6.31. The van der Waals surface area contributed by atoms with Crippen molar-refractivity contribution in [2.45, 2.75) is 24.3 Å². The van der Waals surface area contributed by atoms with Gasteiger partial charge in [-0.25, -0.2) is 0 Å². The number of halogens is 3. The van der Waals surface area contributed by atoms with Crippen molar-refractivity contribution in [3.63, 3.8) is 0 Å². The molecule has 16 heavy (non-hydrogen) atoms. The molecule has 0 aromatic carbocycles. The molecule has 0 aromatic rings. The molecule has 0 heterocycles. The van der Waals surface area contributed by atoms with Gasteiger partial charge in [0.05, 0.1) is 20.0 Å². The van der Waals surface area contributed by atoms with Gasteiger partial charge in [0.15, 0.2) is 0 Å². The molecule has 94 valence electrons. The van der Waals surface area contributed by atoms with Crippen LogP contribution in [0.1, 0.15) is 12.8 Å². The number of ether oxygens (including phenoxy) is 1. The number of carbonyl (C=O) groups excluding carboxylic acids is 1. The first kappa shape index (κ1) is 15.1. The highest BCUT2D eigenvalue weighted by Crippen LogP contribution is 2.33. The van der Waals surface area contributed by atoms with Gasteiger partial charge in [0, 0.05) is 5.75 Å². The standard InChI is InChI=1S/C8H11F3O4S/c1-15-7(14)2-3-16-5(4-6(12)13)8(9,10)11/h5H,2-4H2,1H3,(H,12,13). The van der Waals surface area contributed by atoms with Gasteiger partial charge in [-0.1, -0.05) is 0 Å². The van der Waals surface area contributed by atoms with Crippen LogP contribution in [0, 0.1) is 0 Å². The van der Waals surface area contributed by atoms with Gasteiger partial charge in [0.1, 0.15) is 5.25 Å². The topological polar surface area (TPSA) is 63.6 Å². The third kappa shape index (κ3) is 6.54. The van der Waals surface area contributed by atoms with Gasteiger partial charge in [-0.3, -0.25) is 9.59 Å². The van der Waals surface area contributed by atoms with E-state index in [1.54, 1.807) is 0 Å². The zero-order chi connectivity index (χ0) is 12.8. The second kappa shape index (κ2) is 6.62. The number of hydrogen-bond acceptors (Lipinski definition) is 4. The van der Waals surface area contributed by atoms with Gasteiger partial charge >= 0.3 is 18.1 Å². The van der Waals surface area contributed by atoms with Crippen LogP contribution in [-0.2, 0) is 14.3 Å². The molecule has 0 spiro atoms. The molecule has 4 nitrogen and oxygen atoms in total. The van der Waals surface area contributed by atoms with E-state index in [0.29, 0.717) is 11.8 Å². The van der Waals surface area contributed by atoms with Crippen molar-refractivity contribution in [1.82, 2.24) is 0 Å².